The van der Waals surface area contributed by atoms with Gasteiger partial charge in [-0.15, -0.1) is 0 Å². The molecule has 5 aromatic rings. The van der Waals surface area contributed by atoms with E-state index in [9.17, 15) is 19.2 Å². The van der Waals surface area contributed by atoms with Crippen LogP contribution in [0.5, 0.6) is 0 Å². The van der Waals surface area contributed by atoms with Gasteiger partial charge in [0.25, 0.3) is 17.4 Å². The molecule has 2 bridgehead atoms. The van der Waals surface area contributed by atoms with E-state index in [1.807, 2.05) is 39.8 Å². The lowest BCUT2D eigenvalue weighted by Gasteiger charge is -2.44. The first-order valence-electron chi connectivity index (χ1n) is 17.3. The van der Waals surface area contributed by atoms with Crippen LogP contribution >= 0.6 is 0 Å². The molecule has 50 heavy (non-hydrogen) atoms. The number of pyridine rings is 1. The summed E-state index contributed by atoms with van der Waals surface area (Å²) in [5.41, 5.74) is 4.60. The van der Waals surface area contributed by atoms with Crippen LogP contribution in [0.3, 0.4) is 0 Å². The number of piperidine rings is 1. The zero-order chi connectivity index (χ0) is 34.5. The quantitative estimate of drug-likeness (QED) is 0.247. The molecule has 8 rings (SSSR count). The summed E-state index contributed by atoms with van der Waals surface area (Å²) in [5, 5.41) is 3.63. The van der Waals surface area contributed by atoms with Gasteiger partial charge in [0.2, 0.25) is 0 Å². The van der Waals surface area contributed by atoms with Crippen LogP contribution in [-0.2, 0) is 6.54 Å². The molecule has 3 aliphatic heterocycles. The van der Waals surface area contributed by atoms with Crippen LogP contribution < -0.4 is 26.3 Å². The molecular weight excluding hydrogens is 630 g/mol. The maximum atomic E-state index is 14.1. The first-order valence-corrected chi connectivity index (χ1v) is 17.3. The van der Waals surface area contributed by atoms with Crippen LogP contribution in [0, 0.1) is 12.8 Å². The molecule has 254 valence electrons. The van der Waals surface area contributed by atoms with Crippen molar-refractivity contribution in [2.75, 3.05) is 47.8 Å². The van der Waals surface area contributed by atoms with Gasteiger partial charge in [-0.3, -0.25) is 14.4 Å². The lowest BCUT2D eigenvalue weighted by molar-refractivity contribution is 0.0726. The average molecular weight is 670 g/mol. The number of aryl methyl sites for hydroxylation is 1. The Labute approximate surface area is 289 Å². The predicted octanol–water partition coefficient (Wildman–Crippen LogP) is 5.49. The largest absolute Gasteiger partial charge is 0.422 e. The van der Waals surface area contributed by atoms with Crippen molar-refractivity contribution in [1.29, 1.82) is 0 Å². The molecule has 2 aromatic heterocycles. The van der Waals surface area contributed by atoms with Crippen LogP contribution in [0.1, 0.15) is 51.2 Å². The number of piperazine rings is 1. The number of aromatic nitrogens is 1. The molecular formula is C40H39N5O5. The van der Waals surface area contributed by atoms with Gasteiger partial charge in [-0.05, 0) is 80.3 Å². The van der Waals surface area contributed by atoms with E-state index in [1.54, 1.807) is 36.4 Å². The van der Waals surface area contributed by atoms with Crippen LogP contribution in [0.15, 0.2) is 105 Å². The SMILES string of the molecule is Cc1cccc(N2CCN(C(=O)c3ccc(N4CC5CC(C4)c4cccc(=O)n4C5)c(NC(=O)c4cc5ccccc5oc4=O)c3)CC2C)c1. The van der Waals surface area contributed by atoms with Crippen LogP contribution in [0.2, 0.25) is 0 Å². The number of benzene rings is 3. The van der Waals surface area contributed by atoms with E-state index < -0.39 is 11.5 Å². The third kappa shape index (κ3) is 5.84. The third-order valence-corrected chi connectivity index (χ3v) is 10.4. The van der Waals surface area contributed by atoms with E-state index in [4.69, 9.17) is 4.42 Å². The Morgan fingerprint density at radius 2 is 1.68 bits per heavy atom. The minimum atomic E-state index is -0.731. The number of anilines is 3. The maximum Gasteiger partial charge on any atom is 0.349 e. The van der Waals surface area contributed by atoms with E-state index in [0.29, 0.717) is 61.5 Å². The monoisotopic (exact) mass is 669 g/mol. The summed E-state index contributed by atoms with van der Waals surface area (Å²) in [6.45, 7) is 8.00. The lowest BCUT2D eigenvalue weighted by Crippen LogP contribution is -2.53. The van der Waals surface area contributed by atoms with Crippen LogP contribution in [0.25, 0.3) is 11.0 Å². The molecule has 3 atom stereocenters. The van der Waals surface area contributed by atoms with Crippen molar-refractivity contribution in [2.24, 2.45) is 5.92 Å². The van der Waals surface area contributed by atoms with Crippen LogP contribution in [-0.4, -0.2) is 60.0 Å². The van der Waals surface area contributed by atoms with E-state index >= 15 is 0 Å². The van der Waals surface area contributed by atoms with E-state index in [-0.39, 0.29) is 34.9 Å². The summed E-state index contributed by atoms with van der Waals surface area (Å²) in [4.78, 5) is 59.9. The lowest BCUT2D eigenvalue weighted by atomic mass is 9.83. The van der Waals surface area contributed by atoms with Gasteiger partial charge < -0.3 is 29.0 Å². The topological polar surface area (TPSA) is 108 Å². The van der Waals surface area contributed by atoms with E-state index in [1.165, 1.54) is 5.56 Å². The van der Waals surface area contributed by atoms with Crippen molar-refractivity contribution >= 4 is 39.8 Å². The molecule has 0 saturated carbocycles. The Morgan fingerprint density at radius 3 is 2.52 bits per heavy atom. The summed E-state index contributed by atoms with van der Waals surface area (Å²) in [6.07, 6.45) is 0.975. The number of hydrogen-bond acceptors (Lipinski definition) is 7. The van der Waals surface area contributed by atoms with Gasteiger partial charge in [-0.25, -0.2) is 4.79 Å². The van der Waals surface area contributed by atoms with Gasteiger partial charge in [0, 0.05) is 79.6 Å². The summed E-state index contributed by atoms with van der Waals surface area (Å²) < 4.78 is 7.36. The van der Waals surface area contributed by atoms with Gasteiger partial charge >= 0.3 is 5.63 Å². The highest BCUT2D eigenvalue weighted by Gasteiger charge is 2.36. The first kappa shape index (κ1) is 31.6. The van der Waals surface area contributed by atoms with Crippen molar-refractivity contribution in [2.45, 2.75) is 38.8 Å². The summed E-state index contributed by atoms with van der Waals surface area (Å²) >= 11 is 0. The molecule has 2 saturated heterocycles. The van der Waals surface area contributed by atoms with Crippen molar-refractivity contribution in [1.82, 2.24) is 9.47 Å². The molecule has 5 heterocycles. The number of amides is 2. The third-order valence-electron chi connectivity index (χ3n) is 10.4. The molecule has 0 radical (unpaired) electrons. The first-order chi connectivity index (χ1) is 24.2. The Balaban J connectivity index is 1.11. The Hall–Kier alpha value is -5.64. The van der Waals surface area contributed by atoms with Gasteiger partial charge in [-0.2, -0.15) is 0 Å². The fraction of sp³-hybridized carbons (Fsp3) is 0.300. The van der Waals surface area contributed by atoms with Gasteiger partial charge in [0.15, 0.2) is 0 Å². The fourth-order valence-corrected chi connectivity index (χ4v) is 8.06. The number of rotatable bonds is 5. The van der Waals surface area contributed by atoms with Crippen molar-refractivity contribution in [3.63, 3.8) is 0 Å². The maximum absolute atomic E-state index is 14.1. The Morgan fingerprint density at radius 1 is 0.840 bits per heavy atom. The minimum Gasteiger partial charge on any atom is -0.422 e. The number of carbonyl (C=O) groups is 2. The molecule has 3 aromatic carbocycles. The molecule has 3 unspecified atom stereocenters. The van der Waals surface area contributed by atoms with Crippen LogP contribution in [0.4, 0.5) is 17.1 Å². The molecule has 0 aliphatic carbocycles. The number of para-hydroxylation sites is 1. The molecule has 2 fully saturated rings. The minimum absolute atomic E-state index is 0.0183. The second-order valence-corrected chi connectivity index (χ2v) is 13.9. The molecule has 0 spiro atoms. The summed E-state index contributed by atoms with van der Waals surface area (Å²) in [6, 6.07) is 28.0. The van der Waals surface area contributed by atoms with Crippen molar-refractivity contribution < 1.29 is 14.0 Å². The number of nitrogens with one attached hydrogen (secondary N) is 1. The number of fused-ring (bicyclic) bond motifs is 5. The average Bonchev–Trinajstić information content (AvgIpc) is 3.11. The molecule has 2 amide bonds. The molecule has 3 aliphatic rings. The zero-order valence-corrected chi connectivity index (χ0v) is 28.2. The highest BCUT2D eigenvalue weighted by molar-refractivity contribution is 6.08. The van der Waals surface area contributed by atoms with Gasteiger partial charge in [0.05, 0.1) is 11.4 Å². The standard InChI is InChI=1S/C40H39N5O5/c1-25-7-5-9-31(17-25)44-16-15-42(21-26(44)2)39(48)29-13-14-35(43-22-27-18-30(24-43)34-10-6-12-37(46)45(34)23-27)33(20-29)41-38(47)32-19-28-8-3-4-11-36(28)50-40(32)49/h3-14,17,19-20,26-27,30H,15-16,18,21-24H2,1-2H3,(H,41,47). The second kappa shape index (κ2) is 12.7. The van der Waals surface area contributed by atoms with Gasteiger partial charge in [-0.1, -0.05) is 36.4 Å². The normalized spacial score (nSPS) is 20.0. The predicted molar refractivity (Wildman–Crippen MR) is 195 cm³/mol. The number of carbonyl (C=O) groups excluding carboxylic acids is 2. The zero-order valence-electron chi connectivity index (χ0n) is 28.2. The summed E-state index contributed by atoms with van der Waals surface area (Å²) in [5.74, 6) is -0.341. The molecule has 10 heteroatoms. The van der Waals surface area contributed by atoms with Crippen molar-refractivity contribution in [3.8, 4) is 0 Å². The fourth-order valence-electron chi connectivity index (χ4n) is 8.06. The Kier molecular flexibility index (Phi) is 8.01. The molecule has 10 nitrogen and oxygen atoms in total. The van der Waals surface area contributed by atoms with E-state index in [2.05, 4.69) is 53.2 Å². The molecule has 1 N–H and O–H groups in total. The smallest absolute Gasteiger partial charge is 0.349 e. The number of hydrogen-bond donors (Lipinski definition) is 1. The Bertz CT molecular complexity index is 2260. The second-order valence-electron chi connectivity index (χ2n) is 13.9. The number of nitrogens with zero attached hydrogens (tertiary/aromatic N) is 4. The van der Waals surface area contributed by atoms with Crippen molar-refractivity contribution in [3.05, 3.63) is 134 Å². The van der Waals surface area contributed by atoms with E-state index in [0.717, 1.165) is 23.5 Å². The van der Waals surface area contributed by atoms with Gasteiger partial charge in [0.1, 0.15) is 11.1 Å². The summed E-state index contributed by atoms with van der Waals surface area (Å²) in [7, 11) is 0. The highest BCUT2D eigenvalue weighted by Crippen LogP contribution is 2.39. The highest BCUT2D eigenvalue weighted by atomic mass is 16.4.